The first kappa shape index (κ1) is 17.2. The number of hydrogen-bond acceptors (Lipinski definition) is 6. The van der Waals surface area contributed by atoms with E-state index in [1.807, 2.05) is 12.1 Å². The molecule has 2 aliphatic rings. The van der Waals surface area contributed by atoms with Crippen molar-refractivity contribution in [3.8, 4) is 17.1 Å². The largest absolute Gasteiger partial charge is 0.490 e. The van der Waals surface area contributed by atoms with Gasteiger partial charge in [-0.25, -0.2) is 0 Å². The Morgan fingerprint density at radius 1 is 1.27 bits per heavy atom. The maximum atomic E-state index is 11.3. The molecule has 1 aromatic heterocycles. The van der Waals surface area contributed by atoms with Crippen LogP contribution in [-0.2, 0) is 4.79 Å². The van der Waals surface area contributed by atoms with Crippen molar-refractivity contribution in [2.24, 2.45) is 11.8 Å². The first-order chi connectivity index (χ1) is 12.6. The molecule has 1 aromatic carbocycles. The fraction of sp³-hybridized carbons (Fsp3) is 0.529. The Bertz CT molecular complexity index is 785. The molecule has 138 valence electrons. The summed E-state index contributed by atoms with van der Waals surface area (Å²) in [7, 11) is 0. The third kappa shape index (κ3) is 3.39. The quantitative estimate of drug-likeness (QED) is 0.747. The van der Waals surface area contributed by atoms with Gasteiger partial charge in [-0.3, -0.25) is 4.79 Å². The standard InChI is InChI=1S/C17H20ClN5O3/c18-12-2-1-3-14(15(12)16-20-22-23-21-16)26-11-5-4-9-8-19-13(17(24)25)7-10(9)6-11/h1-3,9-11,13,19H,4-8H2,(H,24,25)(H,20,21,22,23)/t9?,10?,11?,13-/m1/s1. The van der Waals surface area contributed by atoms with E-state index in [4.69, 9.17) is 16.3 Å². The normalized spacial score (nSPS) is 28.3. The Kier molecular flexibility index (Phi) is 4.78. The molecule has 2 aromatic rings. The van der Waals surface area contributed by atoms with Crippen molar-refractivity contribution in [1.29, 1.82) is 0 Å². The lowest BCUT2D eigenvalue weighted by molar-refractivity contribution is -0.141. The summed E-state index contributed by atoms with van der Waals surface area (Å²) < 4.78 is 6.26. The van der Waals surface area contributed by atoms with E-state index >= 15 is 0 Å². The molecule has 1 aliphatic carbocycles. The van der Waals surface area contributed by atoms with Crippen LogP contribution in [0.4, 0.5) is 0 Å². The maximum absolute atomic E-state index is 11.3. The van der Waals surface area contributed by atoms with Gasteiger partial charge in [0.15, 0.2) is 0 Å². The number of benzene rings is 1. The van der Waals surface area contributed by atoms with Crippen LogP contribution in [0.3, 0.4) is 0 Å². The van der Waals surface area contributed by atoms with Gasteiger partial charge in [-0.2, -0.15) is 5.21 Å². The minimum atomic E-state index is -0.777. The van der Waals surface area contributed by atoms with Crippen molar-refractivity contribution in [1.82, 2.24) is 25.9 Å². The Labute approximate surface area is 155 Å². The molecule has 3 N–H and O–H groups in total. The SMILES string of the molecule is O=C(O)[C@H]1CC2CC(Oc3cccc(Cl)c3-c3nn[nH]n3)CCC2CN1. The average Bonchev–Trinajstić information content (AvgIpc) is 3.15. The lowest BCUT2D eigenvalue weighted by atomic mass is 9.72. The van der Waals surface area contributed by atoms with Gasteiger partial charge < -0.3 is 15.2 Å². The summed E-state index contributed by atoms with van der Waals surface area (Å²) in [6.45, 7) is 0.764. The van der Waals surface area contributed by atoms with Crippen LogP contribution in [0, 0.1) is 11.8 Å². The highest BCUT2D eigenvalue weighted by molar-refractivity contribution is 6.33. The monoisotopic (exact) mass is 377 g/mol. The lowest BCUT2D eigenvalue weighted by Gasteiger charge is -2.41. The number of aromatic nitrogens is 4. The van der Waals surface area contributed by atoms with E-state index in [2.05, 4.69) is 25.9 Å². The molecule has 1 aliphatic heterocycles. The Morgan fingerprint density at radius 2 is 2.15 bits per heavy atom. The van der Waals surface area contributed by atoms with E-state index in [0.29, 0.717) is 40.4 Å². The van der Waals surface area contributed by atoms with Gasteiger partial charge in [0.2, 0.25) is 5.82 Å². The van der Waals surface area contributed by atoms with E-state index in [-0.39, 0.29) is 6.10 Å². The second-order valence-corrected chi connectivity index (χ2v) is 7.36. The van der Waals surface area contributed by atoms with Crippen LogP contribution < -0.4 is 10.1 Å². The lowest BCUT2D eigenvalue weighted by Crippen LogP contribution is -2.50. The van der Waals surface area contributed by atoms with E-state index in [1.54, 1.807) is 6.07 Å². The van der Waals surface area contributed by atoms with Crippen LogP contribution in [-0.4, -0.2) is 50.4 Å². The van der Waals surface area contributed by atoms with Crippen molar-refractivity contribution < 1.29 is 14.6 Å². The molecule has 4 atom stereocenters. The number of nitrogens with one attached hydrogen (secondary N) is 2. The Balaban J connectivity index is 1.50. The predicted octanol–water partition coefficient (Wildman–Crippen LogP) is 2.13. The van der Waals surface area contributed by atoms with Crippen molar-refractivity contribution >= 4 is 17.6 Å². The molecular weight excluding hydrogens is 358 g/mol. The number of nitrogens with zero attached hydrogens (tertiary/aromatic N) is 3. The molecule has 0 radical (unpaired) electrons. The van der Waals surface area contributed by atoms with Gasteiger partial charge in [0, 0.05) is 0 Å². The number of carbonyl (C=O) groups is 1. The molecule has 26 heavy (non-hydrogen) atoms. The maximum Gasteiger partial charge on any atom is 0.320 e. The molecule has 1 saturated heterocycles. The van der Waals surface area contributed by atoms with Gasteiger partial charge in [0.05, 0.1) is 16.7 Å². The highest BCUT2D eigenvalue weighted by Crippen LogP contribution is 2.40. The molecule has 8 nitrogen and oxygen atoms in total. The Hall–Kier alpha value is -2.19. The number of carboxylic acids is 1. The highest BCUT2D eigenvalue weighted by atomic mass is 35.5. The molecule has 2 fully saturated rings. The van der Waals surface area contributed by atoms with Crippen LogP contribution in [0.5, 0.6) is 5.75 Å². The number of carboxylic acid groups (broad SMARTS) is 1. The van der Waals surface area contributed by atoms with Crippen molar-refractivity contribution in [2.75, 3.05) is 6.54 Å². The van der Waals surface area contributed by atoms with E-state index in [9.17, 15) is 9.90 Å². The van der Waals surface area contributed by atoms with Crippen molar-refractivity contribution in [3.05, 3.63) is 23.2 Å². The topological polar surface area (TPSA) is 113 Å². The van der Waals surface area contributed by atoms with Gasteiger partial charge in [-0.05, 0) is 61.4 Å². The summed E-state index contributed by atoms with van der Waals surface area (Å²) in [6.07, 6.45) is 3.46. The Morgan fingerprint density at radius 3 is 2.92 bits per heavy atom. The van der Waals surface area contributed by atoms with E-state index in [0.717, 1.165) is 25.8 Å². The summed E-state index contributed by atoms with van der Waals surface area (Å²) in [4.78, 5) is 11.3. The molecule has 3 unspecified atom stereocenters. The fourth-order valence-corrected chi connectivity index (χ4v) is 4.33. The number of aromatic amines is 1. The van der Waals surface area contributed by atoms with Gasteiger partial charge in [0.1, 0.15) is 11.8 Å². The number of hydrogen-bond donors (Lipinski definition) is 3. The summed E-state index contributed by atoms with van der Waals surface area (Å²) in [5.74, 6) is 1.12. The molecule has 9 heteroatoms. The van der Waals surface area contributed by atoms with Crippen molar-refractivity contribution in [2.45, 2.75) is 37.8 Å². The summed E-state index contributed by atoms with van der Waals surface area (Å²) in [5, 5.41) is 27.0. The van der Waals surface area contributed by atoms with Gasteiger partial charge in [-0.15, -0.1) is 10.2 Å². The third-order valence-corrected chi connectivity index (χ3v) is 5.71. The van der Waals surface area contributed by atoms with Crippen LogP contribution in [0.2, 0.25) is 5.02 Å². The number of tetrazole rings is 1. The predicted molar refractivity (Wildman–Crippen MR) is 93.9 cm³/mol. The first-order valence-electron chi connectivity index (χ1n) is 8.77. The van der Waals surface area contributed by atoms with Gasteiger partial charge in [0.25, 0.3) is 0 Å². The number of piperidine rings is 1. The number of ether oxygens (including phenoxy) is 1. The average molecular weight is 378 g/mol. The number of halogens is 1. The number of fused-ring (bicyclic) bond motifs is 1. The summed E-state index contributed by atoms with van der Waals surface area (Å²) >= 11 is 6.33. The molecule has 4 rings (SSSR count). The summed E-state index contributed by atoms with van der Waals surface area (Å²) in [5.41, 5.74) is 0.624. The molecular formula is C17H20ClN5O3. The van der Waals surface area contributed by atoms with Crippen LogP contribution >= 0.6 is 11.6 Å². The zero-order valence-corrected chi connectivity index (χ0v) is 14.8. The number of rotatable bonds is 4. The highest BCUT2D eigenvalue weighted by Gasteiger charge is 2.38. The minimum Gasteiger partial charge on any atom is -0.490 e. The zero-order valence-electron chi connectivity index (χ0n) is 14.1. The van der Waals surface area contributed by atoms with E-state index < -0.39 is 12.0 Å². The first-order valence-corrected chi connectivity index (χ1v) is 9.14. The smallest absolute Gasteiger partial charge is 0.320 e. The minimum absolute atomic E-state index is 0.0212. The molecule has 0 bridgehead atoms. The number of aliphatic carboxylic acids is 1. The molecule has 0 spiro atoms. The van der Waals surface area contributed by atoms with Gasteiger partial charge >= 0.3 is 5.97 Å². The summed E-state index contributed by atoms with van der Waals surface area (Å²) in [6, 6.07) is 4.99. The van der Waals surface area contributed by atoms with Crippen molar-refractivity contribution in [3.63, 3.8) is 0 Å². The van der Waals surface area contributed by atoms with Gasteiger partial charge in [-0.1, -0.05) is 17.7 Å². The second kappa shape index (κ2) is 7.20. The van der Waals surface area contributed by atoms with Crippen LogP contribution in [0.15, 0.2) is 18.2 Å². The van der Waals surface area contributed by atoms with Crippen LogP contribution in [0.25, 0.3) is 11.4 Å². The fourth-order valence-electron chi connectivity index (χ4n) is 4.08. The second-order valence-electron chi connectivity index (χ2n) is 6.96. The zero-order chi connectivity index (χ0) is 18.1. The van der Waals surface area contributed by atoms with E-state index in [1.165, 1.54) is 0 Å². The molecule has 2 heterocycles. The van der Waals surface area contributed by atoms with Crippen LogP contribution in [0.1, 0.15) is 25.7 Å². The molecule has 0 amide bonds. The number of H-pyrrole nitrogens is 1. The molecule has 1 saturated carbocycles. The third-order valence-electron chi connectivity index (χ3n) is 5.39.